The van der Waals surface area contributed by atoms with Crippen LogP contribution in [0.25, 0.3) is 11.3 Å². The van der Waals surface area contributed by atoms with Crippen LogP contribution in [0, 0.1) is 5.82 Å². The number of hydrogen-bond donors (Lipinski definition) is 0. The number of aromatic nitrogens is 2. The minimum absolute atomic E-state index is 0.0109. The summed E-state index contributed by atoms with van der Waals surface area (Å²) in [7, 11) is 3.00. The zero-order valence-electron chi connectivity index (χ0n) is 21.3. The number of methoxy groups -OCH3 is 1. The molecular weight excluding hydrogens is 525 g/mol. The molecule has 5 rings (SSSR count). The van der Waals surface area contributed by atoms with E-state index in [1.54, 1.807) is 34.8 Å². The summed E-state index contributed by atoms with van der Waals surface area (Å²) in [4.78, 5) is 27.1. The number of nitrogens with zero attached hydrogens (tertiary/aromatic N) is 3. The van der Waals surface area contributed by atoms with Gasteiger partial charge in [-0.3, -0.25) is 9.48 Å². The lowest BCUT2D eigenvalue weighted by atomic mass is 10.0. The third kappa shape index (κ3) is 5.44. The average molecular weight is 550 g/mol. The fraction of sp³-hybridized carbons (Fsp3) is 0.207. The van der Waals surface area contributed by atoms with Crippen molar-refractivity contribution < 1.29 is 28.2 Å². The predicted molar refractivity (Wildman–Crippen MR) is 142 cm³/mol. The van der Waals surface area contributed by atoms with E-state index in [-0.39, 0.29) is 42.7 Å². The minimum atomic E-state index is -0.702. The molecule has 2 heterocycles. The SMILES string of the molecule is COC(=O)c1ccc(OCCN(Cc2ccccc2)C(=O)c2nn(C)c3c2COc2ccc(Cl)cc2-3)c(F)c1. The molecule has 0 spiro atoms. The number of fused-ring (bicyclic) bond motifs is 3. The average Bonchev–Trinajstić information content (AvgIpc) is 3.29. The number of esters is 1. The zero-order valence-corrected chi connectivity index (χ0v) is 22.1. The molecule has 1 amide bonds. The number of aryl methyl sites for hydroxylation is 1. The van der Waals surface area contributed by atoms with Crippen molar-refractivity contribution in [3.05, 3.63) is 100.0 Å². The van der Waals surface area contributed by atoms with Gasteiger partial charge in [-0.2, -0.15) is 5.10 Å². The number of ether oxygens (including phenoxy) is 3. The Kier molecular flexibility index (Phi) is 7.51. The van der Waals surface area contributed by atoms with E-state index < -0.39 is 11.8 Å². The quantitative estimate of drug-likeness (QED) is 0.278. The highest BCUT2D eigenvalue weighted by Crippen LogP contribution is 2.40. The van der Waals surface area contributed by atoms with E-state index in [0.29, 0.717) is 22.9 Å². The maximum atomic E-state index is 14.5. The Morgan fingerprint density at radius 1 is 1.13 bits per heavy atom. The summed E-state index contributed by atoms with van der Waals surface area (Å²) in [6.07, 6.45) is 0. The van der Waals surface area contributed by atoms with Gasteiger partial charge in [0.2, 0.25) is 0 Å². The van der Waals surface area contributed by atoms with Gasteiger partial charge in [-0.05, 0) is 42.0 Å². The van der Waals surface area contributed by atoms with Crippen LogP contribution in [0.2, 0.25) is 5.02 Å². The second kappa shape index (κ2) is 11.2. The first-order valence-corrected chi connectivity index (χ1v) is 12.6. The molecule has 8 nitrogen and oxygen atoms in total. The normalized spacial score (nSPS) is 11.7. The Labute approximate surface area is 229 Å². The summed E-state index contributed by atoms with van der Waals surface area (Å²) in [6, 6.07) is 18.7. The number of benzene rings is 3. The second-order valence-corrected chi connectivity index (χ2v) is 9.36. The largest absolute Gasteiger partial charge is 0.489 e. The lowest BCUT2D eigenvalue weighted by molar-refractivity contribution is 0.0599. The van der Waals surface area contributed by atoms with Crippen molar-refractivity contribution in [2.24, 2.45) is 7.05 Å². The summed E-state index contributed by atoms with van der Waals surface area (Å²) in [5.41, 5.74) is 3.46. The lowest BCUT2D eigenvalue weighted by Gasteiger charge is -2.24. The molecule has 0 aliphatic carbocycles. The molecule has 1 aliphatic heterocycles. The first-order chi connectivity index (χ1) is 18.9. The van der Waals surface area contributed by atoms with Crippen molar-refractivity contribution in [3.8, 4) is 22.8 Å². The van der Waals surface area contributed by atoms with Crippen molar-refractivity contribution in [1.29, 1.82) is 0 Å². The molecule has 39 heavy (non-hydrogen) atoms. The van der Waals surface area contributed by atoms with Crippen molar-refractivity contribution in [1.82, 2.24) is 14.7 Å². The summed E-state index contributed by atoms with van der Waals surface area (Å²) in [5.74, 6) is -1.02. The number of amides is 1. The molecule has 1 aliphatic rings. The first-order valence-electron chi connectivity index (χ1n) is 12.2. The third-order valence-corrected chi connectivity index (χ3v) is 6.63. The Hall–Kier alpha value is -4.37. The first kappa shape index (κ1) is 26.2. The zero-order chi connectivity index (χ0) is 27.5. The second-order valence-electron chi connectivity index (χ2n) is 8.93. The van der Waals surface area contributed by atoms with E-state index in [0.717, 1.165) is 22.9 Å². The van der Waals surface area contributed by atoms with Crippen LogP contribution in [0.4, 0.5) is 4.39 Å². The van der Waals surface area contributed by atoms with Gasteiger partial charge in [0.25, 0.3) is 5.91 Å². The number of carbonyl (C=O) groups is 2. The van der Waals surface area contributed by atoms with Crippen molar-refractivity contribution in [3.63, 3.8) is 0 Å². The van der Waals surface area contributed by atoms with Crippen LogP contribution in [0.3, 0.4) is 0 Å². The summed E-state index contributed by atoms with van der Waals surface area (Å²) < 4.78 is 32.4. The third-order valence-electron chi connectivity index (χ3n) is 6.39. The van der Waals surface area contributed by atoms with Gasteiger partial charge in [-0.25, -0.2) is 9.18 Å². The molecular formula is C29H25ClFN3O5. The predicted octanol–water partition coefficient (Wildman–Crippen LogP) is 5.28. The van der Waals surface area contributed by atoms with Gasteiger partial charge in [0.1, 0.15) is 19.0 Å². The molecule has 0 N–H and O–H groups in total. The highest BCUT2D eigenvalue weighted by atomic mass is 35.5. The van der Waals surface area contributed by atoms with E-state index in [1.165, 1.54) is 19.2 Å². The van der Waals surface area contributed by atoms with Gasteiger partial charge < -0.3 is 19.1 Å². The van der Waals surface area contributed by atoms with Crippen molar-refractivity contribution in [2.45, 2.75) is 13.2 Å². The molecule has 0 saturated carbocycles. The minimum Gasteiger partial charge on any atom is -0.489 e. The molecule has 3 aromatic carbocycles. The fourth-order valence-electron chi connectivity index (χ4n) is 4.51. The van der Waals surface area contributed by atoms with Gasteiger partial charge in [-0.15, -0.1) is 0 Å². The van der Waals surface area contributed by atoms with Gasteiger partial charge in [0, 0.05) is 29.7 Å². The Morgan fingerprint density at radius 3 is 2.67 bits per heavy atom. The molecule has 0 unspecified atom stereocenters. The van der Waals surface area contributed by atoms with Crippen LogP contribution in [-0.2, 0) is 24.9 Å². The summed E-state index contributed by atoms with van der Waals surface area (Å²) in [5, 5.41) is 5.11. The number of rotatable bonds is 8. The van der Waals surface area contributed by atoms with E-state index in [1.807, 2.05) is 30.3 Å². The summed E-state index contributed by atoms with van der Waals surface area (Å²) in [6.45, 7) is 0.644. The fourth-order valence-corrected chi connectivity index (χ4v) is 4.68. The molecule has 0 saturated heterocycles. The van der Waals surface area contributed by atoms with Crippen molar-refractivity contribution >= 4 is 23.5 Å². The maximum absolute atomic E-state index is 14.5. The summed E-state index contributed by atoms with van der Waals surface area (Å²) >= 11 is 6.23. The maximum Gasteiger partial charge on any atom is 0.337 e. The van der Waals surface area contributed by atoms with E-state index in [2.05, 4.69) is 9.84 Å². The molecule has 0 bridgehead atoms. The van der Waals surface area contributed by atoms with Gasteiger partial charge >= 0.3 is 5.97 Å². The lowest BCUT2D eigenvalue weighted by Crippen LogP contribution is -2.35. The van der Waals surface area contributed by atoms with Gasteiger partial charge in [0.15, 0.2) is 17.3 Å². The van der Waals surface area contributed by atoms with Crippen LogP contribution in [0.1, 0.15) is 32.0 Å². The number of hydrogen-bond acceptors (Lipinski definition) is 6. The number of carbonyl (C=O) groups excluding carboxylic acids is 2. The van der Waals surface area contributed by atoms with E-state index >= 15 is 0 Å². The topological polar surface area (TPSA) is 82.9 Å². The highest BCUT2D eigenvalue weighted by molar-refractivity contribution is 6.31. The molecule has 0 fully saturated rings. The van der Waals surface area contributed by atoms with Gasteiger partial charge in [0.05, 0.1) is 24.9 Å². The smallest absolute Gasteiger partial charge is 0.337 e. The van der Waals surface area contributed by atoms with Crippen molar-refractivity contribution in [2.75, 3.05) is 20.3 Å². The van der Waals surface area contributed by atoms with E-state index in [9.17, 15) is 14.0 Å². The molecule has 200 valence electrons. The Balaban J connectivity index is 1.39. The van der Waals surface area contributed by atoms with Crippen LogP contribution in [-0.4, -0.2) is 46.8 Å². The molecule has 0 radical (unpaired) electrons. The van der Waals surface area contributed by atoms with Crippen LogP contribution < -0.4 is 9.47 Å². The molecule has 1 aromatic heterocycles. The van der Waals surface area contributed by atoms with Gasteiger partial charge in [-0.1, -0.05) is 41.9 Å². The Bertz CT molecular complexity index is 1540. The monoisotopic (exact) mass is 549 g/mol. The van der Waals surface area contributed by atoms with E-state index in [4.69, 9.17) is 21.1 Å². The molecule has 10 heteroatoms. The number of halogens is 2. The standard InChI is InChI=1S/C29H25ClFN3O5/c1-33-27-21-15-20(30)9-11-24(21)39-17-22(27)26(32-33)28(35)34(16-18-6-4-3-5-7-18)12-13-38-25-10-8-19(14-23(25)31)29(36)37-2/h3-11,14-15H,12-13,16-17H2,1-2H3. The van der Waals surface area contributed by atoms with Crippen LogP contribution in [0.5, 0.6) is 11.5 Å². The molecule has 0 atom stereocenters. The highest BCUT2D eigenvalue weighted by Gasteiger charge is 2.31. The Morgan fingerprint density at radius 2 is 1.92 bits per heavy atom. The molecule has 4 aromatic rings. The van der Waals surface area contributed by atoms with Crippen LogP contribution in [0.15, 0.2) is 66.7 Å². The van der Waals surface area contributed by atoms with Crippen LogP contribution >= 0.6 is 11.6 Å².